The molecule has 1 fully saturated rings. The summed E-state index contributed by atoms with van der Waals surface area (Å²) in [7, 11) is 0. The van der Waals surface area contributed by atoms with E-state index in [1.54, 1.807) is 38.4 Å². The van der Waals surface area contributed by atoms with Crippen molar-refractivity contribution in [3.63, 3.8) is 0 Å². The van der Waals surface area contributed by atoms with Crippen LogP contribution in [0.3, 0.4) is 0 Å². The van der Waals surface area contributed by atoms with Gasteiger partial charge in [-0.1, -0.05) is 26.8 Å². The lowest BCUT2D eigenvalue weighted by Gasteiger charge is -2.34. The zero-order valence-electron chi connectivity index (χ0n) is 21.6. The minimum absolute atomic E-state index is 0.127. The van der Waals surface area contributed by atoms with Crippen LogP contribution in [0.1, 0.15) is 43.7 Å². The van der Waals surface area contributed by atoms with Crippen LogP contribution in [-0.2, 0) is 25.5 Å². The Morgan fingerprint density at radius 2 is 1.82 bits per heavy atom. The molecule has 0 aliphatic carbocycles. The van der Waals surface area contributed by atoms with Gasteiger partial charge in [0.05, 0.1) is 18.1 Å². The Bertz CT molecular complexity index is 1160. The van der Waals surface area contributed by atoms with E-state index >= 15 is 0 Å². The summed E-state index contributed by atoms with van der Waals surface area (Å²) in [6.45, 7) is 6.33. The zero-order chi connectivity index (χ0) is 28.0. The average molecular weight is 528 g/mol. The number of amides is 3. The fraction of sp³-hybridized carbons (Fsp3) is 0.462. The number of hydrogen-bond donors (Lipinski definition) is 5. The number of aliphatic hydroxyl groups is 1. The second-order valence-corrected chi connectivity index (χ2v) is 9.65. The maximum absolute atomic E-state index is 13.5. The Morgan fingerprint density at radius 3 is 2.45 bits per heavy atom. The SMILES string of the molecule is CC(C)C1NC(=O)[C@H](C)[C@H](O)[C@H](Cc2cccnc2)NC(=O)[C@@H](NC(=O)c2ncccc2O)[C@@H](C)OC1=O. The first-order valence-corrected chi connectivity index (χ1v) is 12.3. The Kier molecular flexibility index (Phi) is 9.35. The quantitative estimate of drug-likeness (QED) is 0.337. The standard InChI is InChI=1S/C26H33N5O7/c1-13(2)19-26(37)38-15(4)20(31-25(36)21-18(32)8-6-10-28-21)24(35)29-17(11-16-7-5-9-27-12-16)22(33)14(3)23(34)30-19/h5-10,12-15,17,19-20,22,32-33H,11H2,1-4H3,(H,29,35)(H,30,34)(H,31,36)/t14-,15-,17+,19?,20+,22+/m1/s1. The van der Waals surface area contributed by atoms with Crippen LogP contribution in [0, 0.1) is 11.8 Å². The lowest BCUT2D eigenvalue weighted by molar-refractivity contribution is -0.157. The number of aromatic nitrogens is 2. The maximum atomic E-state index is 13.5. The van der Waals surface area contributed by atoms with Crippen molar-refractivity contribution in [1.29, 1.82) is 0 Å². The predicted octanol–water partition coefficient (Wildman–Crippen LogP) is 0.0912. The van der Waals surface area contributed by atoms with Crippen LogP contribution in [0.2, 0.25) is 0 Å². The van der Waals surface area contributed by atoms with Crippen LogP contribution >= 0.6 is 0 Å². The van der Waals surface area contributed by atoms with Gasteiger partial charge in [0.1, 0.15) is 23.9 Å². The van der Waals surface area contributed by atoms with Crippen molar-refractivity contribution < 1.29 is 34.1 Å². The number of aliphatic hydroxyl groups excluding tert-OH is 1. The van der Waals surface area contributed by atoms with E-state index in [0.29, 0.717) is 5.56 Å². The normalized spacial score (nSPS) is 26.8. The number of hydrogen-bond acceptors (Lipinski definition) is 9. The molecule has 2 aromatic heterocycles. The lowest BCUT2D eigenvalue weighted by Crippen LogP contribution is -2.61. The lowest BCUT2D eigenvalue weighted by atomic mass is 9.91. The van der Waals surface area contributed by atoms with E-state index in [1.807, 2.05) is 0 Å². The molecule has 1 aliphatic heterocycles. The Hall–Kier alpha value is -4.06. The van der Waals surface area contributed by atoms with Gasteiger partial charge in [-0.05, 0) is 43.0 Å². The highest BCUT2D eigenvalue weighted by molar-refractivity contribution is 5.98. The van der Waals surface area contributed by atoms with Crippen molar-refractivity contribution in [3.05, 3.63) is 54.1 Å². The van der Waals surface area contributed by atoms with Crippen molar-refractivity contribution in [2.45, 2.75) is 64.4 Å². The van der Waals surface area contributed by atoms with Crippen LogP contribution in [0.4, 0.5) is 0 Å². The van der Waals surface area contributed by atoms with Gasteiger partial charge in [-0.2, -0.15) is 0 Å². The summed E-state index contributed by atoms with van der Waals surface area (Å²) in [5, 5.41) is 29.0. The third-order valence-corrected chi connectivity index (χ3v) is 6.40. The fourth-order valence-electron chi connectivity index (χ4n) is 4.09. The Balaban J connectivity index is 1.99. The van der Waals surface area contributed by atoms with Crippen molar-refractivity contribution >= 4 is 23.7 Å². The highest BCUT2D eigenvalue weighted by atomic mass is 16.5. The number of rotatable bonds is 5. The molecule has 1 unspecified atom stereocenters. The Labute approximate surface area is 220 Å². The number of cyclic esters (lactones) is 1. The fourth-order valence-corrected chi connectivity index (χ4v) is 4.09. The van der Waals surface area contributed by atoms with Crippen LogP contribution in [0.25, 0.3) is 0 Å². The summed E-state index contributed by atoms with van der Waals surface area (Å²) >= 11 is 0. The summed E-state index contributed by atoms with van der Waals surface area (Å²) in [6.07, 6.45) is 2.04. The first-order chi connectivity index (χ1) is 18.0. The van der Waals surface area contributed by atoms with Crippen LogP contribution in [0.5, 0.6) is 5.75 Å². The van der Waals surface area contributed by atoms with Crippen molar-refractivity contribution in [1.82, 2.24) is 25.9 Å². The van der Waals surface area contributed by atoms with E-state index in [9.17, 15) is 29.4 Å². The summed E-state index contributed by atoms with van der Waals surface area (Å²) in [5.41, 5.74) is 0.368. The van der Waals surface area contributed by atoms with Gasteiger partial charge in [-0.25, -0.2) is 9.78 Å². The predicted molar refractivity (Wildman–Crippen MR) is 135 cm³/mol. The molecule has 5 N–H and O–H groups in total. The summed E-state index contributed by atoms with van der Waals surface area (Å²) < 4.78 is 5.53. The minimum atomic E-state index is -1.42. The number of carbonyl (C=O) groups excluding carboxylic acids is 4. The molecule has 6 atom stereocenters. The van der Waals surface area contributed by atoms with E-state index in [-0.39, 0.29) is 18.0 Å². The smallest absolute Gasteiger partial charge is 0.329 e. The number of ether oxygens (including phenoxy) is 1. The van der Waals surface area contributed by atoms with Gasteiger partial charge in [0, 0.05) is 18.6 Å². The van der Waals surface area contributed by atoms with Gasteiger partial charge >= 0.3 is 5.97 Å². The molecular formula is C26H33N5O7. The summed E-state index contributed by atoms with van der Waals surface area (Å²) in [6, 6.07) is 2.72. The molecule has 3 amide bonds. The molecule has 38 heavy (non-hydrogen) atoms. The number of pyridine rings is 2. The van der Waals surface area contributed by atoms with Crippen LogP contribution in [-0.4, -0.2) is 74.2 Å². The first kappa shape index (κ1) is 28.5. The largest absolute Gasteiger partial charge is 0.505 e. The topological polar surface area (TPSA) is 180 Å². The molecule has 12 heteroatoms. The maximum Gasteiger partial charge on any atom is 0.329 e. The third-order valence-electron chi connectivity index (χ3n) is 6.40. The molecule has 12 nitrogen and oxygen atoms in total. The molecular weight excluding hydrogens is 494 g/mol. The summed E-state index contributed by atoms with van der Waals surface area (Å²) in [5.74, 6) is -4.80. The number of nitrogens with zero attached hydrogens (tertiary/aromatic N) is 2. The van der Waals surface area contributed by atoms with Crippen LogP contribution < -0.4 is 16.0 Å². The van der Waals surface area contributed by atoms with Gasteiger partial charge < -0.3 is 30.9 Å². The highest BCUT2D eigenvalue weighted by Crippen LogP contribution is 2.18. The third kappa shape index (κ3) is 6.82. The monoisotopic (exact) mass is 527 g/mol. The number of esters is 1. The van der Waals surface area contributed by atoms with Crippen LogP contribution in [0.15, 0.2) is 42.9 Å². The molecule has 0 aromatic carbocycles. The van der Waals surface area contributed by atoms with Gasteiger partial charge in [0.15, 0.2) is 5.69 Å². The number of nitrogens with one attached hydrogen (secondary N) is 3. The number of aromatic hydroxyl groups is 1. The van der Waals surface area contributed by atoms with Crippen molar-refractivity contribution in [3.8, 4) is 5.75 Å². The average Bonchev–Trinajstić information content (AvgIpc) is 2.88. The second kappa shape index (κ2) is 12.5. The van der Waals surface area contributed by atoms with E-state index in [0.717, 1.165) is 0 Å². The van der Waals surface area contributed by atoms with E-state index in [2.05, 4.69) is 25.9 Å². The zero-order valence-corrected chi connectivity index (χ0v) is 21.6. The van der Waals surface area contributed by atoms with Crippen molar-refractivity contribution in [2.75, 3.05) is 0 Å². The Morgan fingerprint density at radius 1 is 1.11 bits per heavy atom. The summed E-state index contributed by atoms with van der Waals surface area (Å²) in [4.78, 5) is 60.3. The highest BCUT2D eigenvalue weighted by Gasteiger charge is 2.39. The molecule has 0 radical (unpaired) electrons. The molecule has 0 bridgehead atoms. The molecule has 204 valence electrons. The van der Waals surface area contributed by atoms with E-state index in [4.69, 9.17) is 4.74 Å². The van der Waals surface area contributed by atoms with E-state index < -0.39 is 65.7 Å². The molecule has 1 saturated heterocycles. The molecule has 3 rings (SSSR count). The van der Waals surface area contributed by atoms with Gasteiger partial charge in [0.2, 0.25) is 11.8 Å². The minimum Gasteiger partial charge on any atom is -0.505 e. The molecule has 1 aliphatic rings. The van der Waals surface area contributed by atoms with Gasteiger partial charge in [0.25, 0.3) is 5.91 Å². The second-order valence-electron chi connectivity index (χ2n) is 9.65. The number of carbonyl (C=O) groups is 4. The van der Waals surface area contributed by atoms with E-state index in [1.165, 1.54) is 32.2 Å². The molecule has 0 spiro atoms. The molecule has 2 aromatic rings. The van der Waals surface area contributed by atoms with Crippen molar-refractivity contribution in [2.24, 2.45) is 11.8 Å². The van der Waals surface area contributed by atoms with Gasteiger partial charge in [-0.3, -0.25) is 19.4 Å². The first-order valence-electron chi connectivity index (χ1n) is 12.3. The molecule has 0 saturated carbocycles. The molecule has 3 heterocycles. The van der Waals surface area contributed by atoms with Gasteiger partial charge in [-0.15, -0.1) is 0 Å².